The van der Waals surface area contributed by atoms with Crippen molar-refractivity contribution in [3.05, 3.63) is 36.2 Å². The molecule has 1 unspecified atom stereocenters. The van der Waals surface area contributed by atoms with Gasteiger partial charge in [-0.25, -0.2) is 18.2 Å². The molecule has 0 aliphatic heterocycles. The molecule has 1 aromatic carbocycles. The molecule has 0 saturated carbocycles. The first-order chi connectivity index (χ1) is 9.86. The molecular weight excluding hydrogens is 296 g/mol. The number of rotatable bonds is 5. The van der Waals surface area contributed by atoms with Crippen molar-refractivity contribution in [1.82, 2.24) is 25.5 Å². The quantitative estimate of drug-likeness (QED) is 0.742. The highest BCUT2D eigenvalue weighted by atomic mass is 32.2. The van der Waals surface area contributed by atoms with Crippen molar-refractivity contribution < 1.29 is 13.2 Å². The fourth-order valence-corrected chi connectivity index (χ4v) is 2.23. The van der Waals surface area contributed by atoms with E-state index in [1.807, 2.05) is 0 Å². The van der Waals surface area contributed by atoms with Crippen LogP contribution in [0.2, 0.25) is 0 Å². The number of nitrogens with zero attached hydrogens (tertiary/aromatic N) is 4. The van der Waals surface area contributed by atoms with E-state index < -0.39 is 10.0 Å². The van der Waals surface area contributed by atoms with Crippen molar-refractivity contribution in [2.45, 2.75) is 24.4 Å². The summed E-state index contributed by atoms with van der Waals surface area (Å²) in [7, 11) is -3.72. The number of benzene rings is 1. The molecule has 112 valence electrons. The molecule has 21 heavy (non-hydrogen) atoms. The van der Waals surface area contributed by atoms with Crippen LogP contribution >= 0.6 is 0 Å². The van der Waals surface area contributed by atoms with Crippen LogP contribution in [0.1, 0.15) is 18.5 Å². The van der Waals surface area contributed by atoms with E-state index >= 15 is 0 Å². The van der Waals surface area contributed by atoms with Crippen LogP contribution in [0.3, 0.4) is 0 Å². The molecule has 3 N–H and O–H groups in total. The molecule has 1 heterocycles. The number of nitrogens with one attached hydrogen (secondary N) is 1. The van der Waals surface area contributed by atoms with Gasteiger partial charge in [-0.05, 0) is 35.0 Å². The van der Waals surface area contributed by atoms with Gasteiger partial charge in [-0.3, -0.25) is 4.79 Å². The molecule has 0 saturated heterocycles. The smallest absolute Gasteiger partial charge is 0.242 e. The molecule has 0 bridgehead atoms. The van der Waals surface area contributed by atoms with Gasteiger partial charge in [-0.2, -0.15) is 0 Å². The minimum atomic E-state index is -3.72. The standard InChI is InChI=1S/C11H14N6O3S/c1-8(14-11(18)6-17-7-13-15-16-17)9-2-4-10(5-3-9)21(12,19)20/h2-5,7-8H,6H2,1H3,(H,14,18)(H2,12,19,20). The lowest BCUT2D eigenvalue weighted by Gasteiger charge is -2.14. The molecule has 0 aliphatic rings. The van der Waals surface area contributed by atoms with Gasteiger partial charge in [-0.1, -0.05) is 12.1 Å². The van der Waals surface area contributed by atoms with Crippen LogP contribution in [-0.2, 0) is 21.4 Å². The van der Waals surface area contributed by atoms with Crippen LogP contribution in [-0.4, -0.2) is 34.5 Å². The van der Waals surface area contributed by atoms with Crippen molar-refractivity contribution in [2.24, 2.45) is 5.14 Å². The Morgan fingerprint density at radius 2 is 2.05 bits per heavy atom. The number of hydrogen-bond acceptors (Lipinski definition) is 6. The van der Waals surface area contributed by atoms with Crippen LogP contribution in [0.15, 0.2) is 35.5 Å². The molecule has 1 atom stereocenters. The van der Waals surface area contributed by atoms with Crippen LogP contribution < -0.4 is 10.5 Å². The zero-order valence-electron chi connectivity index (χ0n) is 11.2. The fourth-order valence-electron chi connectivity index (χ4n) is 1.72. The topological polar surface area (TPSA) is 133 Å². The van der Waals surface area contributed by atoms with Crippen LogP contribution in [0.25, 0.3) is 0 Å². The molecule has 0 fully saturated rings. The third-order valence-electron chi connectivity index (χ3n) is 2.78. The van der Waals surface area contributed by atoms with E-state index in [2.05, 4.69) is 20.8 Å². The summed E-state index contributed by atoms with van der Waals surface area (Å²) < 4.78 is 23.6. The van der Waals surface area contributed by atoms with Crippen LogP contribution in [0.5, 0.6) is 0 Å². The highest BCUT2D eigenvalue weighted by Gasteiger charge is 2.12. The highest BCUT2D eigenvalue weighted by molar-refractivity contribution is 7.89. The number of aromatic nitrogens is 4. The summed E-state index contributed by atoms with van der Waals surface area (Å²) in [6.45, 7) is 1.79. The van der Waals surface area contributed by atoms with Gasteiger partial charge in [0.1, 0.15) is 12.9 Å². The molecule has 0 aliphatic carbocycles. The van der Waals surface area contributed by atoms with Crippen molar-refractivity contribution in [2.75, 3.05) is 0 Å². The van der Waals surface area contributed by atoms with E-state index in [0.717, 1.165) is 5.56 Å². The normalized spacial score (nSPS) is 12.9. The summed E-state index contributed by atoms with van der Waals surface area (Å²) in [6.07, 6.45) is 1.34. The molecule has 9 nitrogen and oxygen atoms in total. The molecule has 0 radical (unpaired) electrons. The average Bonchev–Trinajstić information content (AvgIpc) is 2.90. The lowest BCUT2D eigenvalue weighted by molar-refractivity contribution is -0.122. The van der Waals surface area contributed by atoms with Gasteiger partial charge < -0.3 is 5.32 Å². The van der Waals surface area contributed by atoms with E-state index in [9.17, 15) is 13.2 Å². The number of amides is 1. The minimum Gasteiger partial charge on any atom is -0.348 e. The monoisotopic (exact) mass is 310 g/mol. The number of primary sulfonamides is 1. The van der Waals surface area contributed by atoms with E-state index in [0.29, 0.717) is 0 Å². The maximum atomic E-state index is 11.8. The van der Waals surface area contributed by atoms with Gasteiger partial charge in [0.25, 0.3) is 0 Å². The minimum absolute atomic E-state index is 0.00655. The van der Waals surface area contributed by atoms with E-state index in [4.69, 9.17) is 5.14 Å². The van der Waals surface area contributed by atoms with Crippen molar-refractivity contribution in [1.29, 1.82) is 0 Å². The summed E-state index contributed by atoms with van der Waals surface area (Å²) in [6, 6.07) is 5.70. The number of carbonyl (C=O) groups excluding carboxylic acids is 1. The number of hydrogen-bond donors (Lipinski definition) is 2. The van der Waals surface area contributed by atoms with E-state index in [-0.39, 0.29) is 23.4 Å². The Morgan fingerprint density at radius 1 is 1.38 bits per heavy atom. The van der Waals surface area contributed by atoms with Crippen molar-refractivity contribution >= 4 is 15.9 Å². The lowest BCUT2D eigenvalue weighted by atomic mass is 10.1. The third kappa shape index (κ3) is 4.07. The van der Waals surface area contributed by atoms with E-state index in [1.54, 1.807) is 19.1 Å². The second kappa shape index (κ2) is 5.97. The third-order valence-corrected chi connectivity index (χ3v) is 3.71. The largest absolute Gasteiger partial charge is 0.348 e. The Balaban J connectivity index is 2.00. The van der Waals surface area contributed by atoms with Crippen molar-refractivity contribution in [3.63, 3.8) is 0 Å². The van der Waals surface area contributed by atoms with Gasteiger partial charge in [0, 0.05) is 0 Å². The predicted molar refractivity (Wildman–Crippen MR) is 72.2 cm³/mol. The summed E-state index contributed by atoms with van der Waals surface area (Å²) in [4.78, 5) is 11.8. The first kappa shape index (κ1) is 15.1. The Hall–Kier alpha value is -2.33. The zero-order valence-corrected chi connectivity index (χ0v) is 12.0. The molecule has 2 rings (SSSR count). The molecule has 1 aromatic heterocycles. The number of carbonyl (C=O) groups is 1. The maximum absolute atomic E-state index is 11.8. The second-order valence-electron chi connectivity index (χ2n) is 4.41. The van der Waals surface area contributed by atoms with Gasteiger partial charge in [0.2, 0.25) is 15.9 Å². The molecular formula is C11H14N6O3S. The predicted octanol–water partition coefficient (Wildman–Crippen LogP) is -0.802. The lowest BCUT2D eigenvalue weighted by Crippen LogP contribution is -2.30. The van der Waals surface area contributed by atoms with Crippen molar-refractivity contribution in [3.8, 4) is 0 Å². The number of tetrazole rings is 1. The number of sulfonamides is 1. The average molecular weight is 310 g/mol. The molecule has 1 amide bonds. The molecule has 2 aromatic rings. The number of nitrogens with two attached hydrogens (primary N) is 1. The highest BCUT2D eigenvalue weighted by Crippen LogP contribution is 2.15. The van der Waals surface area contributed by atoms with Gasteiger partial charge >= 0.3 is 0 Å². The van der Waals surface area contributed by atoms with Gasteiger partial charge in [-0.15, -0.1) is 5.10 Å². The molecule has 0 spiro atoms. The summed E-state index contributed by atoms with van der Waals surface area (Å²) in [5, 5.41) is 18.2. The Bertz CT molecular complexity index is 711. The Kier molecular flexibility index (Phi) is 4.29. The SMILES string of the molecule is CC(NC(=O)Cn1cnnn1)c1ccc(S(N)(=O)=O)cc1. The van der Waals surface area contributed by atoms with Crippen LogP contribution in [0.4, 0.5) is 0 Å². The summed E-state index contributed by atoms with van der Waals surface area (Å²) >= 11 is 0. The van der Waals surface area contributed by atoms with Gasteiger partial charge in [0.15, 0.2) is 0 Å². The molecule has 10 heteroatoms. The van der Waals surface area contributed by atoms with Gasteiger partial charge in [0.05, 0.1) is 10.9 Å². The first-order valence-corrected chi connectivity index (χ1v) is 7.54. The van der Waals surface area contributed by atoms with Crippen LogP contribution in [0, 0.1) is 0 Å². The fraction of sp³-hybridized carbons (Fsp3) is 0.273. The Labute approximate surface area is 121 Å². The zero-order chi connectivity index (χ0) is 15.5. The summed E-state index contributed by atoms with van der Waals surface area (Å²) in [5.74, 6) is -0.259. The Morgan fingerprint density at radius 3 is 2.57 bits per heavy atom. The first-order valence-electron chi connectivity index (χ1n) is 5.99. The second-order valence-corrected chi connectivity index (χ2v) is 5.97. The maximum Gasteiger partial charge on any atom is 0.242 e. The van der Waals surface area contributed by atoms with E-state index in [1.165, 1.54) is 23.1 Å². The summed E-state index contributed by atoms with van der Waals surface area (Å²) in [5.41, 5.74) is 0.757.